The van der Waals surface area contributed by atoms with Gasteiger partial charge in [0.2, 0.25) is 5.91 Å². The topological polar surface area (TPSA) is 59.8 Å². The van der Waals surface area contributed by atoms with Crippen molar-refractivity contribution in [2.24, 2.45) is 0 Å². The van der Waals surface area contributed by atoms with Crippen LogP contribution in [0.3, 0.4) is 0 Å². The van der Waals surface area contributed by atoms with Gasteiger partial charge in [-0.05, 0) is 43.5 Å². The number of amides is 1. The third-order valence-electron chi connectivity index (χ3n) is 4.40. The third-order valence-corrected chi connectivity index (χ3v) is 6.88. The molecule has 0 saturated heterocycles. The van der Waals surface area contributed by atoms with Crippen LogP contribution in [-0.2, 0) is 17.8 Å². The summed E-state index contributed by atoms with van der Waals surface area (Å²) < 4.78 is 2.10. The summed E-state index contributed by atoms with van der Waals surface area (Å²) in [6, 6.07) is 4.97. The fraction of sp³-hybridized carbons (Fsp3) is 0.350. The molecule has 0 saturated carbocycles. The summed E-state index contributed by atoms with van der Waals surface area (Å²) in [4.78, 5) is 13.7. The number of aryl methyl sites for hydroxylation is 1. The largest absolute Gasteiger partial charge is 0.324 e. The van der Waals surface area contributed by atoms with Crippen LogP contribution in [0.4, 0.5) is 5.69 Å². The minimum absolute atomic E-state index is 0.174. The molecule has 0 unspecified atom stereocenters. The highest BCUT2D eigenvalue weighted by Crippen LogP contribution is 2.33. The molecule has 0 aliphatic carbocycles. The van der Waals surface area contributed by atoms with Crippen LogP contribution in [0.5, 0.6) is 0 Å². The Kier molecular flexibility index (Phi) is 7.62. The highest BCUT2D eigenvalue weighted by Gasteiger charge is 2.19. The van der Waals surface area contributed by atoms with E-state index in [1.165, 1.54) is 22.2 Å². The number of thioether (sulfide) groups is 1. The lowest BCUT2D eigenvalue weighted by Crippen LogP contribution is -2.15. The van der Waals surface area contributed by atoms with Gasteiger partial charge in [-0.1, -0.05) is 48.8 Å². The van der Waals surface area contributed by atoms with E-state index in [-0.39, 0.29) is 11.7 Å². The van der Waals surface area contributed by atoms with Gasteiger partial charge >= 0.3 is 0 Å². The Labute approximate surface area is 188 Å². The first-order valence-corrected chi connectivity index (χ1v) is 11.9. The van der Waals surface area contributed by atoms with Crippen LogP contribution in [0.15, 0.2) is 28.7 Å². The molecular weight excluding hydrogens is 447 g/mol. The van der Waals surface area contributed by atoms with E-state index >= 15 is 0 Å². The lowest BCUT2D eigenvalue weighted by Gasteiger charge is -2.10. The summed E-state index contributed by atoms with van der Waals surface area (Å²) in [6.07, 6.45) is 1.91. The molecule has 0 fully saturated rings. The smallest absolute Gasteiger partial charge is 0.234 e. The number of anilines is 1. The van der Waals surface area contributed by atoms with E-state index in [4.69, 9.17) is 23.2 Å². The van der Waals surface area contributed by atoms with Crippen molar-refractivity contribution in [3.05, 3.63) is 44.1 Å². The van der Waals surface area contributed by atoms with Gasteiger partial charge in [-0.3, -0.25) is 4.79 Å². The van der Waals surface area contributed by atoms with Crippen molar-refractivity contribution in [2.75, 3.05) is 11.1 Å². The van der Waals surface area contributed by atoms with Gasteiger partial charge < -0.3 is 9.88 Å². The zero-order valence-electron chi connectivity index (χ0n) is 16.5. The first-order valence-electron chi connectivity index (χ1n) is 9.32. The average Bonchev–Trinajstić information content (AvgIpc) is 3.26. The number of carbonyl (C=O) groups excluding carboxylic acids is 1. The zero-order valence-corrected chi connectivity index (χ0v) is 19.6. The molecule has 0 atom stereocenters. The number of hydrogen-bond donors (Lipinski definition) is 1. The second-order valence-electron chi connectivity index (χ2n) is 6.46. The van der Waals surface area contributed by atoms with Crippen molar-refractivity contribution in [2.45, 2.75) is 45.3 Å². The molecule has 0 bridgehead atoms. The van der Waals surface area contributed by atoms with Crippen LogP contribution in [0.2, 0.25) is 10.0 Å². The van der Waals surface area contributed by atoms with E-state index in [0.717, 1.165) is 35.9 Å². The molecule has 1 N–H and O–H groups in total. The number of carbonyl (C=O) groups is 1. The van der Waals surface area contributed by atoms with E-state index in [2.05, 4.69) is 46.2 Å². The van der Waals surface area contributed by atoms with Crippen molar-refractivity contribution < 1.29 is 4.79 Å². The van der Waals surface area contributed by atoms with Gasteiger partial charge in [0, 0.05) is 27.4 Å². The lowest BCUT2D eigenvalue weighted by molar-refractivity contribution is -0.113. The molecule has 0 aliphatic rings. The first kappa shape index (κ1) is 22.2. The molecular formula is C20H22Cl2N4OS2. The van der Waals surface area contributed by atoms with Crippen molar-refractivity contribution in [3.63, 3.8) is 0 Å². The molecule has 1 aromatic carbocycles. The fourth-order valence-corrected chi connectivity index (χ4v) is 5.08. The highest BCUT2D eigenvalue weighted by molar-refractivity contribution is 7.99. The maximum Gasteiger partial charge on any atom is 0.234 e. The molecule has 3 aromatic rings. The summed E-state index contributed by atoms with van der Waals surface area (Å²) in [5, 5.41) is 15.4. The molecule has 9 heteroatoms. The van der Waals surface area contributed by atoms with Crippen molar-refractivity contribution in [1.82, 2.24) is 14.8 Å². The Morgan fingerprint density at radius 1 is 1.28 bits per heavy atom. The molecule has 154 valence electrons. The highest BCUT2D eigenvalue weighted by atomic mass is 35.5. The molecule has 1 amide bonds. The van der Waals surface area contributed by atoms with E-state index in [9.17, 15) is 4.79 Å². The third kappa shape index (κ3) is 5.15. The normalized spacial score (nSPS) is 11.1. The number of hydrogen-bond acceptors (Lipinski definition) is 5. The molecule has 3 rings (SSSR count). The Balaban J connectivity index is 1.76. The van der Waals surface area contributed by atoms with Crippen molar-refractivity contribution in [1.29, 1.82) is 0 Å². The van der Waals surface area contributed by atoms with Crippen molar-refractivity contribution >= 4 is 57.9 Å². The van der Waals surface area contributed by atoms with Crippen LogP contribution >= 0.6 is 46.3 Å². The number of nitrogens with one attached hydrogen (secondary N) is 1. The molecule has 0 radical (unpaired) electrons. The summed E-state index contributed by atoms with van der Waals surface area (Å²) in [7, 11) is 0. The standard InChI is InChI=1S/C20H22Cl2N4OS2/c1-4-8-26-19(15-10-28-12(3)14(15)5-2)24-25-20(26)29-11-18(27)23-17-9-13(21)6-7-16(17)22/h6-7,9-10H,4-5,8,11H2,1-3H3,(H,23,27). The summed E-state index contributed by atoms with van der Waals surface area (Å²) in [6.45, 7) is 7.20. The quantitative estimate of drug-likeness (QED) is 0.392. The molecule has 5 nitrogen and oxygen atoms in total. The van der Waals surface area contributed by atoms with Crippen LogP contribution < -0.4 is 5.32 Å². The second kappa shape index (κ2) is 9.98. The minimum Gasteiger partial charge on any atom is -0.324 e. The number of aromatic nitrogens is 3. The van der Waals surface area contributed by atoms with Gasteiger partial charge in [0.15, 0.2) is 11.0 Å². The maximum atomic E-state index is 12.4. The lowest BCUT2D eigenvalue weighted by atomic mass is 10.1. The molecule has 2 heterocycles. The van der Waals surface area contributed by atoms with Gasteiger partial charge in [-0.25, -0.2) is 0 Å². The van der Waals surface area contributed by atoms with Crippen LogP contribution in [0.25, 0.3) is 11.4 Å². The Morgan fingerprint density at radius 2 is 2.07 bits per heavy atom. The summed E-state index contributed by atoms with van der Waals surface area (Å²) in [5.74, 6) is 0.898. The van der Waals surface area contributed by atoms with Gasteiger partial charge in [0.25, 0.3) is 0 Å². The minimum atomic E-state index is -0.174. The monoisotopic (exact) mass is 468 g/mol. The Hall–Kier alpha value is -1.54. The maximum absolute atomic E-state index is 12.4. The van der Waals surface area contributed by atoms with Gasteiger partial charge in [-0.2, -0.15) is 0 Å². The SMILES string of the molecule is CCCn1c(SCC(=O)Nc2cc(Cl)ccc2Cl)nnc1-c1csc(C)c1CC. The molecule has 29 heavy (non-hydrogen) atoms. The van der Waals surface area contributed by atoms with E-state index in [1.54, 1.807) is 29.5 Å². The predicted molar refractivity (Wildman–Crippen MR) is 124 cm³/mol. The molecule has 0 aliphatic heterocycles. The zero-order chi connectivity index (χ0) is 21.0. The second-order valence-corrected chi connectivity index (χ2v) is 9.33. The average molecular weight is 469 g/mol. The Bertz CT molecular complexity index is 1020. The number of halogens is 2. The van der Waals surface area contributed by atoms with Crippen LogP contribution in [-0.4, -0.2) is 26.4 Å². The summed E-state index contributed by atoms with van der Waals surface area (Å²) >= 11 is 15.2. The van der Waals surface area contributed by atoms with Crippen LogP contribution in [0, 0.1) is 6.92 Å². The van der Waals surface area contributed by atoms with Gasteiger partial charge in [0.05, 0.1) is 16.5 Å². The Morgan fingerprint density at radius 3 is 2.79 bits per heavy atom. The van der Waals surface area contributed by atoms with Gasteiger partial charge in [-0.15, -0.1) is 21.5 Å². The predicted octanol–water partition coefficient (Wildman–Crippen LogP) is 6.33. The number of thiophene rings is 1. The van der Waals surface area contributed by atoms with Gasteiger partial charge in [0.1, 0.15) is 0 Å². The molecule has 0 spiro atoms. The van der Waals surface area contributed by atoms with Crippen LogP contribution in [0.1, 0.15) is 30.7 Å². The van der Waals surface area contributed by atoms with E-state index < -0.39 is 0 Å². The first-order chi connectivity index (χ1) is 13.9. The summed E-state index contributed by atoms with van der Waals surface area (Å²) in [5.41, 5.74) is 2.95. The fourth-order valence-electron chi connectivity index (χ4n) is 3.04. The number of nitrogens with zero attached hydrogens (tertiary/aromatic N) is 3. The number of benzene rings is 1. The van der Waals surface area contributed by atoms with E-state index in [0.29, 0.717) is 15.7 Å². The van der Waals surface area contributed by atoms with E-state index in [1.807, 2.05) is 0 Å². The molecule has 2 aromatic heterocycles. The van der Waals surface area contributed by atoms with Crippen molar-refractivity contribution in [3.8, 4) is 11.4 Å². The number of rotatable bonds is 8.